The summed E-state index contributed by atoms with van der Waals surface area (Å²) >= 11 is 1.26. The molecule has 138 valence electrons. The highest BCUT2D eigenvalue weighted by atomic mass is 32.2. The number of aliphatic hydroxyl groups excluding tert-OH is 2. The summed E-state index contributed by atoms with van der Waals surface area (Å²) in [5.74, 6) is 0.155. The molecule has 12 nitrogen and oxygen atoms in total. The molecule has 1 saturated heterocycles. The number of nitrogens with zero attached hydrogens (tertiary/aromatic N) is 4. The second-order valence-corrected chi connectivity index (χ2v) is 7.26. The van der Waals surface area contributed by atoms with E-state index in [1.807, 2.05) is 0 Å². The molecule has 0 amide bonds. The zero-order valence-electron chi connectivity index (χ0n) is 12.8. The molecule has 2 aromatic rings. The van der Waals surface area contributed by atoms with Gasteiger partial charge in [0.25, 0.3) is 0 Å². The van der Waals surface area contributed by atoms with Crippen molar-refractivity contribution >= 4 is 36.6 Å². The molecule has 4 atom stereocenters. The lowest BCUT2D eigenvalue weighted by Crippen LogP contribution is -2.33. The third-order valence-electron chi connectivity index (χ3n) is 3.63. The summed E-state index contributed by atoms with van der Waals surface area (Å²) in [6.45, 7) is -0.598. The van der Waals surface area contributed by atoms with Crippen LogP contribution < -0.4 is 5.73 Å². The van der Waals surface area contributed by atoms with Crippen LogP contribution in [0.4, 0.5) is 5.82 Å². The van der Waals surface area contributed by atoms with Crippen molar-refractivity contribution in [1.29, 1.82) is 0 Å². The largest absolute Gasteiger partial charge is 0.469 e. The van der Waals surface area contributed by atoms with Gasteiger partial charge in [0.05, 0.1) is 12.9 Å². The fourth-order valence-corrected chi connectivity index (χ4v) is 3.17. The van der Waals surface area contributed by atoms with Gasteiger partial charge in [0.15, 0.2) is 22.8 Å². The fraction of sp³-hybridized carbons (Fsp3) is 0.545. The minimum Gasteiger partial charge on any atom is -0.387 e. The van der Waals surface area contributed by atoms with Crippen LogP contribution >= 0.6 is 19.6 Å². The van der Waals surface area contributed by atoms with Crippen molar-refractivity contribution in [3.63, 3.8) is 0 Å². The molecule has 0 bridgehead atoms. The zero-order chi connectivity index (χ0) is 18.4. The highest BCUT2D eigenvalue weighted by molar-refractivity contribution is 7.98. The van der Waals surface area contributed by atoms with Gasteiger partial charge in [-0.05, 0) is 6.26 Å². The average molecular weight is 393 g/mol. The summed E-state index contributed by atoms with van der Waals surface area (Å²) in [6, 6.07) is 0. The smallest absolute Gasteiger partial charge is 0.387 e. The zero-order valence-corrected chi connectivity index (χ0v) is 14.5. The number of phosphoric acid groups is 1. The van der Waals surface area contributed by atoms with Gasteiger partial charge in [-0.2, -0.15) is 0 Å². The molecule has 6 N–H and O–H groups in total. The number of thioether (sulfide) groups is 1. The molecule has 3 rings (SSSR count). The second kappa shape index (κ2) is 6.78. The van der Waals surface area contributed by atoms with E-state index in [2.05, 4.69) is 19.5 Å². The molecule has 25 heavy (non-hydrogen) atoms. The van der Waals surface area contributed by atoms with Gasteiger partial charge in [0.2, 0.25) is 0 Å². The maximum atomic E-state index is 10.8. The monoisotopic (exact) mass is 393 g/mol. The number of anilines is 1. The summed E-state index contributed by atoms with van der Waals surface area (Å²) in [7, 11) is -4.73. The number of rotatable bonds is 5. The number of hydrogen-bond acceptors (Lipinski definition) is 10. The van der Waals surface area contributed by atoms with Gasteiger partial charge >= 0.3 is 7.82 Å². The predicted molar refractivity (Wildman–Crippen MR) is 85.4 cm³/mol. The van der Waals surface area contributed by atoms with Crippen LogP contribution in [-0.4, -0.2) is 70.7 Å². The van der Waals surface area contributed by atoms with Crippen LogP contribution in [0.1, 0.15) is 6.23 Å². The normalized spacial score (nSPS) is 27.2. The number of aromatic nitrogens is 4. The van der Waals surface area contributed by atoms with Gasteiger partial charge in [-0.1, -0.05) is 11.8 Å². The molecule has 2 aromatic heterocycles. The summed E-state index contributed by atoms with van der Waals surface area (Å²) in [6.07, 6.45) is -1.96. The minimum absolute atomic E-state index is 0.155. The van der Waals surface area contributed by atoms with Gasteiger partial charge in [-0.3, -0.25) is 9.09 Å². The van der Waals surface area contributed by atoms with E-state index >= 15 is 0 Å². The van der Waals surface area contributed by atoms with E-state index < -0.39 is 39.0 Å². The third-order valence-corrected chi connectivity index (χ3v) is 4.66. The van der Waals surface area contributed by atoms with E-state index in [0.717, 1.165) is 0 Å². The Morgan fingerprint density at radius 2 is 2.12 bits per heavy atom. The van der Waals surface area contributed by atoms with Crippen molar-refractivity contribution in [3.05, 3.63) is 6.33 Å². The summed E-state index contributed by atoms with van der Waals surface area (Å²) in [5, 5.41) is 20.7. The van der Waals surface area contributed by atoms with E-state index in [1.54, 1.807) is 6.26 Å². The highest BCUT2D eigenvalue weighted by Crippen LogP contribution is 2.39. The van der Waals surface area contributed by atoms with E-state index in [4.69, 9.17) is 20.3 Å². The topological polar surface area (TPSA) is 186 Å². The van der Waals surface area contributed by atoms with Gasteiger partial charge in [0.1, 0.15) is 23.8 Å². The Bertz CT molecular complexity index is 828. The van der Waals surface area contributed by atoms with Crippen molar-refractivity contribution in [1.82, 2.24) is 19.5 Å². The van der Waals surface area contributed by atoms with Crippen LogP contribution in [0.25, 0.3) is 11.2 Å². The van der Waals surface area contributed by atoms with Crippen molar-refractivity contribution < 1.29 is 33.8 Å². The predicted octanol–water partition coefficient (Wildman–Crippen LogP) is -1.14. The van der Waals surface area contributed by atoms with Crippen molar-refractivity contribution in [2.75, 3.05) is 18.6 Å². The fourth-order valence-electron chi connectivity index (χ4n) is 2.46. The van der Waals surface area contributed by atoms with Crippen molar-refractivity contribution in [2.45, 2.75) is 29.7 Å². The molecule has 1 aliphatic rings. The minimum atomic E-state index is -4.73. The quantitative estimate of drug-likeness (QED) is 0.234. The van der Waals surface area contributed by atoms with Crippen LogP contribution in [0, 0.1) is 0 Å². The first kappa shape index (κ1) is 18.5. The molecule has 0 radical (unpaired) electrons. The van der Waals surface area contributed by atoms with E-state index in [-0.39, 0.29) is 5.82 Å². The molecule has 1 fully saturated rings. The number of nitrogen functional groups attached to an aromatic ring is 1. The van der Waals surface area contributed by atoms with E-state index in [9.17, 15) is 14.8 Å². The number of ether oxygens (including phenoxy) is 1. The first-order chi connectivity index (χ1) is 11.7. The Morgan fingerprint density at radius 1 is 1.40 bits per heavy atom. The number of fused-ring (bicyclic) bond motifs is 1. The van der Waals surface area contributed by atoms with Gasteiger partial charge < -0.3 is 30.5 Å². The van der Waals surface area contributed by atoms with Crippen LogP contribution in [0.2, 0.25) is 0 Å². The maximum Gasteiger partial charge on any atom is 0.469 e. The van der Waals surface area contributed by atoms with Crippen LogP contribution in [0.15, 0.2) is 11.5 Å². The Kier molecular flexibility index (Phi) is 5.01. The standard InChI is InChI=1S/C11H16N5O7PS/c1-25-11-14-8(12)5-9(15-11)16(3-13-5)10-7(18)6(17)4(23-10)2-22-24(19,20)21/h3-4,6-7,10,17-18H,2H2,1H3,(H2,12,14,15)(H2,19,20,21)/t4-,6?,7?,10-/m0/s1. The molecular weight excluding hydrogens is 377 g/mol. The lowest BCUT2D eigenvalue weighted by Gasteiger charge is -2.16. The van der Waals surface area contributed by atoms with Gasteiger partial charge in [0, 0.05) is 0 Å². The number of aliphatic hydroxyl groups is 2. The summed E-state index contributed by atoms with van der Waals surface area (Å²) in [4.78, 5) is 29.9. The Morgan fingerprint density at radius 3 is 2.76 bits per heavy atom. The number of nitrogens with two attached hydrogens (primary N) is 1. The molecule has 0 spiro atoms. The third kappa shape index (κ3) is 3.64. The molecule has 2 unspecified atom stereocenters. The van der Waals surface area contributed by atoms with E-state index in [1.165, 1.54) is 22.7 Å². The summed E-state index contributed by atoms with van der Waals surface area (Å²) < 4.78 is 22.0. The molecule has 0 aliphatic carbocycles. The second-order valence-electron chi connectivity index (χ2n) is 5.25. The Balaban J connectivity index is 1.90. The van der Waals surface area contributed by atoms with Gasteiger partial charge in [-0.25, -0.2) is 19.5 Å². The van der Waals surface area contributed by atoms with Crippen molar-refractivity contribution in [2.24, 2.45) is 0 Å². The molecule has 0 aromatic carbocycles. The van der Waals surface area contributed by atoms with Crippen LogP contribution in [0.5, 0.6) is 0 Å². The maximum absolute atomic E-state index is 10.8. The first-order valence-electron chi connectivity index (χ1n) is 6.97. The highest BCUT2D eigenvalue weighted by Gasteiger charge is 2.45. The lowest BCUT2D eigenvalue weighted by molar-refractivity contribution is -0.0504. The molecule has 14 heteroatoms. The molecular formula is C11H16N5O7PS. The Labute approximate surface area is 145 Å². The van der Waals surface area contributed by atoms with E-state index in [0.29, 0.717) is 16.3 Å². The van der Waals surface area contributed by atoms with Gasteiger partial charge in [-0.15, -0.1) is 0 Å². The van der Waals surface area contributed by atoms with Crippen LogP contribution in [0.3, 0.4) is 0 Å². The number of imidazole rings is 1. The lowest BCUT2D eigenvalue weighted by atomic mass is 10.1. The average Bonchev–Trinajstić information content (AvgIpc) is 3.08. The number of hydrogen-bond donors (Lipinski definition) is 5. The SMILES string of the molecule is CSc1nc(N)c2ncn([C@H]3O[C@@H](COP(=O)(O)O)C(O)C3O)c2n1. The summed E-state index contributed by atoms with van der Waals surface area (Å²) in [5.41, 5.74) is 6.43. The van der Waals surface area contributed by atoms with Crippen molar-refractivity contribution in [3.8, 4) is 0 Å². The number of phosphoric ester groups is 1. The van der Waals surface area contributed by atoms with Crippen LogP contribution in [-0.2, 0) is 13.8 Å². The molecule has 1 aliphatic heterocycles. The molecule has 0 saturated carbocycles. The molecule has 3 heterocycles. The first-order valence-corrected chi connectivity index (χ1v) is 9.72. The Hall–Kier alpha value is -1.31.